The average molecular weight is 235 g/mol. The van der Waals surface area contributed by atoms with Crippen LogP contribution >= 0.6 is 0 Å². The lowest BCUT2D eigenvalue weighted by molar-refractivity contribution is -0.135. The summed E-state index contributed by atoms with van der Waals surface area (Å²) in [4.78, 5) is 16.2. The molecule has 2 unspecified atom stereocenters. The first-order valence-electron chi connectivity index (χ1n) is 6.41. The zero-order valence-electron chi connectivity index (χ0n) is 10.9. The largest absolute Gasteiger partial charge is 0.340 e. The third-order valence-corrected chi connectivity index (χ3v) is 4.08. The summed E-state index contributed by atoms with van der Waals surface area (Å²) in [6, 6.07) is 2.32. The van der Waals surface area contributed by atoms with Crippen molar-refractivity contribution >= 4 is 5.91 Å². The van der Waals surface area contributed by atoms with E-state index in [1.807, 2.05) is 18.7 Å². The minimum absolute atomic E-state index is 0.283. The zero-order valence-corrected chi connectivity index (χ0v) is 10.9. The predicted molar refractivity (Wildman–Crippen MR) is 65.1 cm³/mol. The quantitative estimate of drug-likeness (QED) is 0.720. The van der Waals surface area contributed by atoms with Crippen LogP contribution in [0.2, 0.25) is 0 Å². The number of hydrogen-bond donors (Lipinski definition) is 0. The lowest BCUT2D eigenvalue weighted by atomic mass is 10.0. The minimum atomic E-state index is -0.415. The maximum absolute atomic E-state index is 12.0. The molecule has 0 N–H and O–H groups in total. The Balaban J connectivity index is 1.86. The van der Waals surface area contributed by atoms with E-state index in [1.165, 1.54) is 0 Å². The summed E-state index contributed by atoms with van der Waals surface area (Å²) in [6.07, 6.45) is 1.06. The van der Waals surface area contributed by atoms with Crippen molar-refractivity contribution in [3.63, 3.8) is 0 Å². The van der Waals surface area contributed by atoms with Crippen LogP contribution in [0.25, 0.3) is 0 Å². The molecular formula is C13H21N3O. The molecule has 94 valence electrons. The van der Waals surface area contributed by atoms with Crippen LogP contribution in [0.15, 0.2) is 0 Å². The van der Waals surface area contributed by atoms with Crippen LogP contribution < -0.4 is 0 Å². The van der Waals surface area contributed by atoms with Crippen LogP contribution in [0.5, 0.6) is 0 Å². The highest BCUT2D eigenvalue weighted by Gasteiger charge is 2.42. The van der Waals surface area contributed by atoms with E-state index in [0.29, 0.717) is 11.8 Å². The Labute approximate surface area is 103 Å². The molecule has 2 atom stereocenters. The van der Waals surface area contributed by atoms with Gasteiger partial charge in [0, 0.05) is 32.1 Å². The number of carbonyl (C=O) groups is 1. The van der Waals surface area contributed by atoms with Gasteiger partial charge in [0.25, 0.3) is 0 Å². The van der Waals surface area contributed by atoms with Gasteiger partial charge < -0.3 is 4.90 Å². The van der Waals surface area contributed by atoms with E-state index in [2.05, 4.69) is 17.9 Å². The summed E-state index contributed by atoms with van der Waals surface area (Å²) < 4.78 is 0. The Morgan fingerprint density at radius 3 is 2.24 bits per heavy atom. The summed E-state index contributed by atoms with van der Waals surface area (Å²) in [5, 5.41) is 9.08. The van der Waals surface area contributed by atoms with Gasteiger partial charge in [-0.25, -0.2) is 0 Å². The Hall–Kier alpha value is -1.08. The van der Waals surface area contributed by atoms with Crippen LogP contribution in [-0.4, -0.2) is 47.4 Å². The van der Waals surface area contributed by atoms with Crippen molar-refractivity contribution in [2.75, 3.05) is 26.2 Å². The minimum Gasteiger partial charge on any atom is -0.340 e. The summed E-state index contributed by atoms with van der Waals surface area (Å²) >= 11 is 0. The standard InChI is InChI=1S/C13H21N3O/c1-10-8-11(10)12(17)15-4-6-16(7-5-15)13(2,3)9-14/h10-11H,4-8H2,1-3H3. The first kappa shape index (κ1) is 12.4. The second-order valence-corrected chi connectivity index (χ2v) is 5.80. The molecule has 0 radical (unpaired) electrons. The van der Waals surface area contributed by atoms with E-state index >= 15 is 0 Å². The molecule has 0 aromatic rings. The van der Waals surface area contributed by atoms with E-state index in [1.54, 1.807) is 0 Å². The number of carbonyl (C=O) groups excluding carboxylic acids is 1. The molecule has 0 aromatic heterocycles. The van der Waals surface area contributed by atoms with Gasteiger partial charge in [0.15, 0.2) is 0 Å². The summed E-state index contributed by atoms with van der Waals surface area (Å²) in [7, 11) is 0. The lowest BCUT2D eigenvalue weighted by Gasteiger charge is -2.40. The van der Waals surface area contributed by atoms with Gasteiger partial charge in [0.1, 0.15) is 5.54 Å². The monoisotopic (exact) mass is 235 g/mol. The molecule has 4 heteroatoms. The van der Waals surface area contributed by atoms with Crippen molar-refractivity contribution in [2.45, 2.75) is 32.7 Å². The molecule has 2 rings (SSSR count). The topological polar surface area (TPSA) is 47.3 Å². The second kappa shape index (κ2) is 4.30. The van der Waals surface area contributed by atoms with Crippen molar-refractivity contribution in [3.05, 3.63) is 0 Å². The molecule has 2 fully saturated rings. The highest BCUT2D eigenvalue weighted by molar-refractivity contribution is 5.81. The normalized spacial score (nSPS) is 29.9. The van der Waals surface area contributed by atoms with Crippen molar-refractivity contribution in [1.29, 1.82) is 5.26 Å². The highest BCUT2D eigenvalue weighted by atomic mass is 16.2. The van der Waals surface area contributed by atoms with Gasteiger partial charge in [0.2, 0.25) is 5.91 Å². The maximum atomic E-state index is 12.0. The SMILES string of the molecule is CC1CC1C(=O)N1CCN(C(C)(C)C#N)CC1. The number of nitrogens with zero attached hydrogens (tertiary/aromatic N) is 3. The van der Waals surface area contributed by atoms with Crippen LogP contribution in [-0.2, 0) is 4.79 Å². The van der Waals surface area contributed by atoms with Gasteiger partial charge >= 0.3 is 0 Å². The number of piperazine rings is 1. The molecular weight excluding hydrogens is 214 g/mol. The summed E-state index contributed by atoms with van der Waals surface area (Å²) in [6.45, 7) is 9.18. The number of nitriles is 1. The molecule has 2 aliphatic rings. The van der Waals surface area contributed by atoms with E-state index < -0.39 is 5.54 Å². The molecule has 1 aliphatic heterocycles. The van der Waals surface area contributed by atoms with Gasteiger partial charge in [-0.05, 0) is 26.2 Å². The molecule has 0 spiro atoms. The Morgan fingerprint density at radius 2 is 1.82 bits per heavy atom. The van der Waals surface area contributed by atoms with Gasteiger partial charge in [-0.15, -0.1) is 0 Å². The number of amides is 1. The van der Waals surface area contributed by atoms with Crippen molar-refractivity contribution in [1.82, 2.24) is 9.80 Å². The van der Waals surface area contributed by atoms with Gasteiger partial charge in [0.05, 0.1) is 6.07 Å². The fraction of sp³-hybridized carbons (Fsp3) is 0.846. The molecule has 4 nitrogen and oxygen atoms in total. The second-order valence-electron chi connectivity index (χ2n) is 5.80. The van der Waals surface area contributed by atoms with Crippen molar-refractivity contribution in [3.8, 4) is 6.07 Å². The van der Waals surface area contributed by atoms with Crippen LogP contribution in [0.1, 0.15) is 27.2 Å². The smallest absolute Gasteiger partial charge is 0.226 e. The Kier molecular flexibility index (Phi) is 3.13. The zero-order chi connectivity index (χ0) is 12.6. The first-order chi connectivity index (χ1) is 7.95. The van der Waals surface area contributed by atoms with Crippen LogP contribution in [0, 0.1) is 23.2 Å². The summed E-state index contributed by atoms with van der Waals surface area (Å²) in [5.74, 6) is 1.19. The third kappa shape index (κ3) is 2.44. The Bertz CT molecular complexity index is 350. The van der Waals surface area contributed by atoms with Gasteiger partial charge in [-0.2, -0.15) is 5.26 Å². The lowest BCUT2D eigenvalue weighted by Crippen LogP contribution is -2.55. The van der Waals surface area contributed by atoms with Crippen LogP contribution in [0.3, 0.4) is 0 Å². The van der Waals surface area contributed by atoms with Gasteiger partial charge in [-0.1, -0.05) is 6.92 Å². The summed E-state index contributed by atoms with van der Waals surface area (Å²) in [5.41, 5.74) is -0.415. The number of hydrogen-bond acceptors (Lipinski definition) is 3. The molecule has 1 aliphatic carbocycles. The Morgan fingerprint density at radius 1 is 1.29 bits per heavy atom. The molecule has 17 heavy (non-hydrogen) atoms. The van der Waals surface area contributed by atoms with Crippen molar-refractivity contribution in [2.24, 2.45) is 11.8 Å². The fourth-order valence-electron chi connectivity index (χ4n) is 2.46. The third-order valence-electron chi connectivity index (χ3n) is 4.08. The highest BCUT2D eigenvalue weighted by Crippen LogP contribution is 2.39. The van der Waals surface area contributed by atoms with E-state index in [4.69, 9.17) is 5.26 Å². The van der Waals surface area contributed by atoms with E-state index in [9.17, 15) is 4.79 Å². The van der Waals surface area contributed by atoms with Gasteiger partial charge in [-0.3, -0.25) is 9.69 Å². The maximum Gasteiger partial charge on any atom is 0.226 e. The van der Waals surface area contributed by atoms with E-state index in [0.717, 1.165) is 32.6 Å². The number of rotatable bonds is 2. The predicted octanol–water partition coefficient (Wildman–Crippen LogP) is 1.09. The molecule has 0 aromatic carbocycles. The molecule has 1 heterocycles. The molecule has 1 saturated heterocycles. The van der Waals surface area contributed by atoms with Crippen molar-refractivity contribution < 1.29 is 4.79 Å². The molecule has 0 bridgehead atoms. The first-order valence-corrected chi connectivity index (χ1v) is 6.41. The van der Waals surface area contributed by atoms with Crippen LogP contribution in [0.4, 0.5) is 0 Å². The average Bonchev–Trinajstić information content (AvgIpc) is 3.05. The fourth-order valence-corrected chi connectivity index (χ4v) is 2.46. The molecule has 1 amide bonds. The van der Waals surface area contributed by atoms with E-state index in [-0.39, 0.29) is 5.92 Å². The molecule has 1 saturated carbocycles.